The van der Waals surface area contributed by atoms with Crippen molar-refractivity contribution in [2.75, 3.05) is 23.4 Å². The Kier molecular flexibility index (Phi) is 7.52. The van der Waals surface area contributed by atoms with E-state index in [1.165, 1.54) is 10.5 Å². The van der Waals surface area contributed by atoms with Crippen LogP contribution in [0, 0.1) is 0 Å². The average molecular weight is 486 g/mol. The van der Waals surface area contributed by atoms with Gasteiger partial charge in [0, 0.05) is 23.6 Å². The van der Waals surface area contributed by atoms with Crippen LogP contribution in [-0.2, 0) is 14.3 Å². The van der Waals surface area contributed by atoms with Gasteiger partial charge in [-0.25, -0.2) is 0 Å². The molecule has 7 heteroatoms. The molecule has 36 heavy (non-hydrogen) atoms. The second-order valence-corrected chi connectivity index (χ2v) is 9.14. The summed E-state index contributed by atoms with van der Waals surface area (Å²) in [7, 11) is 0. The van der Waals surface area contributed by atoms with Crippen molar-refractivity contribution >= 4 is 28.9 Å². The van der Waals surface area contributed by atoms with Crippen molar-refractivity contribution in [3.8, 4) is 11.1 Å². The highest BCUT2D eigenvalue weighted by atomic mass is 16.5. The smallest absolute Gasteiger partial charge is 0.259 e. The second-order valence-electron chi connectivity index (χ2n) is 9.14. The number of benzene rings is 3. The number of nitrogens with two attached hydrogens (primary N) is 1. The van der Waals surface area contributed by atoms with E-state index in [4.69, 9.17) is 10.5 Å². The summed E-state index contributed by atoms with van der Waals surface area (Å²) in [5.74, 6) is -0.723. The first-order chi connectivity index (χ1) is 17.2. The van der Waals surface area contributed by atoms with Gasteiger partial charge in [0.05, 0.1) is 6.61 Å². The molecular weight excluding hydrogens is 454 g/mol. The van der Waals surface area contributed by atoms with Crippen LogP contribution in [0.2, 0.25) is 0 Å². The molecule has 3 aromatic carbocycles. The van der Waals surface area contributed by atoms with Gasteiger partial charge in [-0.15, -0.1) is 0 Å². The summed E-state index contributed by atoms with van der Waals surface area (Å²) in [5, 5.41) is 13.2. The minimum Gasteiger partial charge on any atom is -0.399 e. The number of carbonyl (C=O) groups is 2. The van der Waals surface area contributed by atoms with E-state index in [-0.39, 0.29) is 6.61 Å². The molecule has 0 aliphatic carbocycles. The number of aliphatic hydroxyl groups excluding tert-OH is 1. The Morgan fingerprint density at radius 1 is 1.03 bits per heavy atom. The average Bonchev–Trinajstić information content (AvgIpc) is 2.89. The molecular formula is C29H31N3O4. The zero-order valence-corrected chi connectivity index (χ0v) is 20.5. The van der Waals surface area contributed by atoms with Gasteiger partial charge in [-0.05, 0) is 52.4 Å². The Hall–Kier alpha value is -3.94. The number of ether oxygens (including phenoxy) is 1. The van der Waals surface area contributed by atoms with Gasteiger partial charge in [0.15, 0.2) is 12.2 Å². The third kappa shape index (κ3) is 5.48. The van der Waals surface area contributed by atoms with E-state index in [0.717, 1.165) is 16.7 Å². The van der Waals surface area contributed by atoms with Crippen LogP contribution in [-0.4, -0.2) is 42.3 Å². The first-order valence-corrected chi connectivity index (χ1v) is 11.9. The molecule has 4 N–H and O–H groups in total. The van der Waals surface area contributed by atoms with Gasteiger partial charge in [-0.2, -0.15) is 0 Å². The van der Waals surface area contributed by atoms with Gasteiger partial charge >= 0.3 is 0 Å². The third-order valence-corrected chi connectivity index (χ3v) is 6.29. The molecule has 0 aromatic heterocycles. The minimum absolute atomic E-state index is 0.201. The Morgan fingerprint density at radius 2 is 1.61 bits per heavy atom. The fourth-order valence-electron chi connectivity index (χ4n) is 4.10. The van der Waals surface area contributed by atoms with Gasteiger partial charge in [0.2, 0.25) is 0 Å². The van der Waals surface area contributed by atoms with Crippen molar-refractivity contribution in [2.45, 2.75) is 32.0 Å². The third-order valence-electron chi connectivity index (χ3n) is 6.29. The van der Waals surface area contributed by atoms with Gasteiger partial charge in [0.1, 0.15) is 0 Å². The van der Waals surface area contributed by atoms with E-state index < -0.39 is 24.0 Å². The van der Waals surface area contributed by atoms with Gasteiger partial charge in [0.25, 0.3) is 11.8 Å². The lowest BCUT2D eigenvalue weighted by atomic mass is 9.98. The van der Waals surface area contributed by atoms with Crippen LogP contribution in [0.25, 0.3) is 16.8 Å². The molecule has 4 rings (SSSR count). The molecule has 0 unspecified atom stereocenters. The van der Waals surface area contributed by atoms with Gasteiger partial charge < -0.3 is 25.8 Å². The fourth-order valence-corrected chi connectivity index (χ4v) is 4.10. The van der Waals surface area contributed by atoms with Crippen LogP contribution in [0.4, 0.5) is 11.4 Å². The Morgan fingerprint density at radius 3 is 2.17 bits per heavy atom. The van der Waals surface area contributed by atoms with E-state index >= 15 is 0 Å². The zero-order valence-electron chi connectivity index (χ0n) is 20.5. The van der Waals surface area contributed by atoms with Crippen LogP contribution in [0.1, 0.15) is 30.9 Å². The number of morpholine rings is 1. The van der Waals surface area contributed by atoms with Crippen molar-refractivity contribution in [3.05, 3.63) is 90.5 Å². The Bertz CT molecular complexity index is 1240. The largest absolute Gasteiger partial charge is 0.399 e. The molecule has 1 heterocycles. The maximum absolute atomic E-state index is 13.1. The zero-order chi connectivity index (χ0) is 25.8. The number of hydrogen-bond donors (Lipinski definition) is 3. The molecule has 7 nitrogen and oxygen atoms in total. The van der Waals surface area contributed by atoms with Gasteiger partial charge in [-0.1, -0.05) is 69.0 Å². The Labute approximate surface area is 211 Å². The van der Waals surface area contributed by atoms with Crippen LogP contribution in [0.15, 0.2) is 79.4 Å². The van der Waals surface area contributed by atoms with E-state index in [2.05, 4.69) is 50.0 Å². The van der Waals surface area contributed by atoms with E-state index in [1.807, 2.05) is 24.3 Å². The molecule has 2 atom stereocenters. The summed E-state index contributed by atoms with van der Waals surface area (Å²) < 4.78 is 5.51. The highest BCUT2D eigenvalue weighted by molar-refractivity contribution is 6.03. The number of hydrogen-bond acceptors (Lipinski definition) is 5. The first-order valence-electron chi connectivity index (χ1n) is 11.9. The first kappa shape index (κ1) is 25.2. The number of rotatable bonds is 7. The summed E-state index contributed by atoms with van der Waals surface area (Å²) in [5.41, 5.74) is 11.3. The molecule has 0 saturated carbocycles. The predicted molar refractivity (Wildman–Crippen MR) is 142 cm³/mol. The SMILES string of the molecule is C=C(N)c1ccc(NC(=O)[C@H](O)[C@H]2OCCN(c3ccc(-c4ccc(C(C)C)cc4)cc3)C2=O)cc1. The van der Waals surface area contributed by atoms with Gasteiger partial charge in [-0.3, -0.25) is 9.59 Å². The number of aliphatic hydroxyl groups is 1. The minimum atomic E-state index is -1.66. The van der Waals surface area contributed by atoms with Crippen molar-refractivity contribution < 1.29 is 19.4 Å². The van der Waals surface area contributed by atoms with E-state index in [1.54, 1.807) is 24.3 Å². The molecule has 2 amide bonds. The quantitative estimate of drug-likeness (QED) is 0.467. The fraction of sp³-hybridized carbons (Fsp3) is 0.241. The van der Waals surface area contributed by atoms with Crippen molar-refractivity contribution in [1.82, 2.24) is 0 Å². The molecule has 186 valence electrons. The van der Waals surface area contributed by atoms with Crippen molar-refractivity contribution in [1.29, 1.82) is 0 Å². The number of carbonyl (C=O) groups excluding carboxylic acids is 2. The number of nitrogens with zero attached hydrogens (tertiary/aromatic N) is 1. The maximum atomic E-state index is 13.1. The summed E-state index contributed by atoms with van der Waals surface area (Å²) in [6.45, 7) is 8.52. The topological polar surface area (TPSA) is 105 Å². The highest BCUT2D eigenvalue weighted by Gasteiger charge is 2.39. The van der Waals surface area contributed by atoms with E-state index in [9.17, 15) is 14.7 Å². The number of amides is 2. The lowest BCUT2D eigenvalue weighted by Crippen LogP contribution is -2.55. The second kappa shape index (κ2) is 10.8. The van der Waals surface area contributed by atoms with Crippen molar-refractivity contribution in [2.24, 2.45) is 5.73 Å². The number of anilines is 2. The number of nitrogens with one attached hydrogen (secondary N) is 1. The maximum Gasteiger partial charge on any atom is 0.259 e. The standard InChI is InChI=1S/C29H31N3O4/c1-18(2)20-4-6-22(7-5-20)23-10-14-25(15-11-23)32-16-17-36-27(29(32)35)26(33)28(34)31-24-12-8-21(9-13-24)19(3)30/h4-15,18,26-27,33H,3,16-17,30H2,1-2H3,(H,31,34)/t26-,27-/m1/s1. The summed E-state index contributed by atoms with van der Waals surface area (Å²) in [6, 6.07) is 22.8. The summed E-state index contributed by atoms with van der Waals surface area (Å²) in [4.78, 5) is 27.3. The molecule has 1 aliphatic heterocycles. The predicted octanol–water partition coefficient (Wildman–Crippen LogP) is 4.14. The Balaban J connectivity index is 1.43. The molecule has 0 bridgehead atoms. The lowest BCUT2D eigenvalue weighted by Gasteiger charge is -2.34. The molecule has 1 aliphatic rings. The van der Waals surface area contributed by atoms with Crippen LogP contribution in [0.3, 0.4) is 0 Å². The van der Waals surface area contributed by atoms with Crippen LogP contribution in [0.5, 0.6) is 0 Å². The van der Waals surface area contributed by atoms with Crippen LogP contribution < -0.4 is 16.0 Å². The van der Waals surface area contributed by atoms with E-state index in [0.29, 0.717) is 29.5 Å². The summed E-state index contributed by atoms with van der Waals surface area (Å²) in [6.07, 6.45) is -2.96. The molecule has 3 aromatic rings. The van der Waals surface area contributed by atoms with Crippen LogP contribution >= 0.6 is 0 Å². The normalized spacial score (nSPS) is 16.6. The molecule has 0 radical (unpaired) electrons. The van der Waals surface area contributed by atoms with Crippen molar-refractivity contribution in [3.63, 3.8) is 0 Å². The molecule has 1 saturated heterocycles. The monoisotopic (exact) mass is 485 g/mol. The summed E-state index contributed by atoms with van der Waals surface area (Å²) >= 11 is 0. The molecule has 0 spiro atoms. The lowest BCUT2D eigenvalue weighted by molar-refractivity contribution is -0.150. The highest BCUT2D eigenvalue weighted by Crippen LogP contribution is 2.27. The molecule has 1 fully saturated rings.